The lowest BCUT2D eigenvalue weighted by Crippen LogP contribution is -2.12. The molecule has 15 heavy (non-hydrogen) atoms. The monoisotopic (exact) mass is 204 g/mol. The highest BCUT2D eigenvalue weighted by molar-refractivity contribution is 5.70. The molecule has 0 aromatic heterocycles. The molecule has 1 unspecified atom stereocenters. The van der Waals surface area contributed by atoms with Gasteiger partial charge in [0.25, 0.3) is 0 Å². The van der Waals surface area contributed by atoms with Crippen LogP contribution in [0.1, 0.15) is 17.2 Å². The van der Waals surface area contributed by atoms with Crippen LogP contribution in [0.3, 0.4) is 0 Å². The molecule has 0 spiro atoms. The fourth-order valence-electron chi connectivity index (χ4n) is 1.54. The van der Waals surface area contributed by atoms with Crippen LogP contribution < -0.4 is 5.32 Å². The number of carbonyl (C=O) groups excluding carboxylic acids is 1. The predicted octanol–water partition coefficient (Wildman–Crippen LogP) is 1.04. The normalized spacial score (nSPS) is 19.1. The maximum absolute atomic E-state index is 10.8. The van der Waals surface area contributed by atoms with Crippen molar-refractivity contribution in [3.63, 3.8) is 0 Å². The molecule has 2 rings (SSSR count). The molecule has 0 saturated carbocycles. The van der Waals surface area contributed by atoms with E-state index in [0.29, 0.717) is 11.1 Å². The second-order valence-electron chi connectivity index (χ2n) is 3.13. The summed E-state index contributed by atoms with van der Waals surface area (Å²) >= 11 is 0. The van der Waals surface area contributed by atoms with Gasteiger partial charge >= 0.3 is 6.09 Å². The average Bonchev–Trinajstić information content (AvgIpc) is 2.64. The van der Waals surface area contributed by atoms with Crippen molar-refractivity contribution in [2.75, 3.05) is 6.54 Å². The van der Waals surface area contributed by atoms with Gasteiger partial charge in [-0.05, 0) is 12.1 Å². The summed E-state index contributed by atoms with van der Waals surface area (Å²) in [7, 11) is 0. The standard InChI is InChI=1S/C10H8N2O3/c11-4-6-2-1-3-7(13)9(6)8-5-12-10(14)15-8/h1-3,8,13H,5H2,(H,12,14). The molecular formula is C10H8N2O3. The molecule has 0 aliphatic carbocycles. The van der Waals surface area contributed by atoms with Gasteiger partial charge in [0.2, 0.25) is 0 Å². The number of amides is 1. The van der Waals surface area contributed by atoms with Gasteiger partial charge in [0.05, 0.1) is 23.7 Å². The second kappa shape index (κ2) is 3.50. The maximum Gasteiger partial charge on any atom is 0.407 e. The number of hydrogen-bond donors (Lipinski definition) is 2. The number of carbonyl (C=O) groups is 1. The molecule has 1 fully saturated rings. The zero-order valence-electron chi connectivity index (χ0n) is 7.73. The van der Waals surface area contributed by atoms with Crippen molar-refractivity contribution in [3.8, 4) is 11.8 Å². The third kappa shape index (κ3) is 1.57. The summed E-state index contributed by atoms with van der Waals surface area (Å²) in [4.78, 5) is 10.8. The van der Waals surface area contributed by atoms with E-state index in [2.05, 4.69) is 5.32 Å². The molecular weight excluding hydrogens is 196 g/mol. The Kier molecular flexibility index (Phi) is 2.18. The van der Waals surface area contributed by atoms with Crippen LogP contribution in [-0.4, -0.2) is 17.7 Å². The Labute approximate surface area is 85.9 Å². The minimum Gasteiger partial charge on any atom is -0.507 e. The summed E-state index contributed by atoms with van der Waals surface area (Å²) in [6, 6.07) is 6.55. The minimum absolute atomic E-state index is 0.0319. The first-order chi connectivity index (χ1) is 7.22. The average molecular weight is 204 g/mol. The van der Waals surface area contributed by atoms with Gasteiger partial charge in [-0.2, -0.15) is 5.26 Å². The van der Waals surface area contributed by atoms with E-state index in [0.717, 1.165) is 0 Å². The summed E-state index contributed by atoms with van der Waals surface area (Å²) in [6.45, 7) is 0.269. The Bertz CT molecular complexity index is 450. The van der Waals surface area contributed by atoms with Gasteiger partial charge in [0.1, 0.15) is 5.75 Å². The highest BCUT2D eigenvalue weighted by atomic mass is 16.6. The van der Waals surface area contributed by atoms with Crippen molar-refractivity contribution in [2.45, 2.75) is 6.10 Å². The molecule has 5 nitrogen and oxygen atoms in total. The Morgan fingerprint density at radius 2 is 2.40 bits per heavy atom. The molecule has 1 aliphatic rings. The van der Waals surface area contributed by atoms with Gasteiger partial charge in [-0.15, -0.1) is 0 Å². The van der Waals surface area contributed by atoms with Crippen LogP contribution in [0.2, 0.25) is 0 Å². The van der Waals surface area contributed by atoms with Crippen molar-refractivity contribution in [1.82, 2.24) is 5.32 Å². The number of cyclic esters (lactones) is 1. The number of aromatic hydroxyl groups is 1. The number of nitriles is 1. The summed E-state index contributed by atoms with van der Waals surface area (Å²) in [5.74, 6) is -0.0319. The molecule has 1 amide bonds. The number of phenolic OH excluding ortho intramolecular Hbond substituents is 1. The van der Waals surface area contributed by atoms with E-state index in [4.69, 9.17) is 10.00 Å². The van der Waals surface area contributed by atoms with Crippen LogP contribution in [0.25, 0.3) is 0 Å². The number of nitrogens with zero attached hydrogens (tertiary/aromatic N) is 1. The fourth-order valence-corrected chi connectivity index (χ4v) is 1.54. The number of hydrogen-bond acceptors (Lipinski definition) is 4. The first kappa shape index (κ1) is 9.34. The van der Waals surface area contributed by atoms with Gasteiger partial charge in [-0.3, -0.25) is 0 Å². The second-order valence-corrected chi connectivity index (χ2v) is 3.13. The summed E-state index contributed by atoms with van der Waals surface area (Å²) in [5.41, 5.74) is 0.676. The number of rotatable bonds is 1. The molecule has 2 N–H and O–H groups in total. The highest BCUT2D eigenvalue weighted by Crippen LogP contribution is 2.31. The Morgan fingerprint density at radius 3 is 3.00 bits per heavy atom. The molecule has 1 heterocycles. The molecule has 76 valence electrons. The van der Waals surface area contributed by atoms with Crippen molar-refractivity contribution >= 4 is 6.09 Å². The first-order valence-corrected chi connectivity index (χ1v) is 4.39. The molecule has 1 saturated heterocycles. The highest BCUT2D eigenvalue weighted by Gasteiger charge is 2.28. The van der Waals surface area contributed by atoms with E-state index in [-0.39, 0.29) is 12.3 Å². The van der Waals surface area contributed by atoms with Crippen molar-refractivity contribution in [2.24, 2.45) is 0 Å². The van der Waals surface area contributed by atoms with E-state index in [1.54, 1.807) is 12.1 Å². The largest absolute Gasteiger partial charge is 0.507 e. The van der Waals surface area contributed by atoms with Gasteiger partial charge in [-0.25, -0.2) is 4.79 Å². The Balaban J connectivity index is 2.43. The minimum atomic E-state index is -0.589. The third-order valence-electron chi connectivity index (χ3n) is 2.21. The van der Waals surface area contributed by atoms with E-state index in [1.807, 2.05) is 6.07 Å². The Morgan fingerprint density at radius 1 is 1.60 bits per heavy atom. The van der Waals surface area contributed by atoms with E-state index in [1.165, 1.54) is 6.07 Å². The van der Waals surface area contributed by atoms with Crippen LogP contribution >= 0.6 is 0 Å². The molecule has 1 aliphatic heterocycles. The lowest BCUT2D eigenvalue weighted by atomic mass is 10.0. The van der Waals surface area contributed by atoms with Crippen LogP contribution in [0.5, 0.6) is 5.75 Å². The van der Waals surface area contributed by atoms with Crippen molar-refractivity contribution in [3.05, 3.63) is 29.3 Å². The van der Waals surface area contributed by atoms with Gasteiger partial charge in [0.15, 0.2) is 6.10 Å². The number of nitrogens with one attached hydrogen (secondary N) is 1. The van der Waals surface area contributed by atoms with E-state index >= 15 is 0 Å². The zero-order valence-corrected chi connectivity index (χ0v) is 7.73. The smallest absolute Gasteiger partial charge is 0.407 e. The van der Waals surface area contributed by atoms with Crippen molar-refractivity contribution < 1.29 is 14.6 Å². The lowest BCUT2D eigenvalue weighted by Gasteiger charge is -2.11. The molecule has 1 atom stereocenters. The summed E-state index contributed by atoms with van der Waals surface area (Å²) in [6.07, 6.45) is -1.12. The summed E-state index contributed by atoms with van der Waals surface area (Å²) in [5, 5.41) is 20.9. The SMILES string of the molecule is N#Cc1cccc(O)c1C1CNC(=O)O1. The number of alkyl carbamates (subject to hydrolysis) is 1. The fraction of sp³-hybridized carbons (Fsp3) is 0.200. The molecule has 1 aromatic carbocycles. The van der Waals surface area contributed by atoms with Gasteiger partial charge < -0.3 is 15.2 Å². The van der Waals surface area contributed by atoms with Gasteiger partial charge in [0, 0.05) is 0 Å². The quantitative estimate of drug-likeness (QED) is 0.716. The van der Waals surface area contributed by atoms with E-state index < -0.39 is 12.2 Å². The molecule has 5 heteroatoms. The third-order valence-corrected chi connectivity index (χ3v) is 2.21. The maximum atomic E-state index is 10.8. The number of benzene rings is 1. The summed E-state index contributed by atoms with van der Waals surface area (Å²) < 4.78 is 4.91. The topological polar surface area (TPSA) is 82.4 Å². The van der Waals surface area contributed by atoms with Crippen LogP contribution in [0, 0.1) is 11.3 Å². The van der Waals surface area contributed by atoms with Gasteiger partial charge in [-0.1, -0.05) is 6.07 Å². The number of phenols is 1. The van der Waals surface area contributed by atoms with Crippen LogP contribution in [0.4, 0.5) is 4.79 Å². The molecule has 0 bridgehead atoms. The predicted molar refractivity (Wildman–Crippen MR) is 50.0 cm³/mol. The lowest BCUT2D eigenvalue weighted by molar-refractivity contribution is 0.139. The van der Waals surface area contributed by atoms with Crippen LogP contribution in [0.15, 0.2) is 18.2 Å². The number of ether oxygens (including phenoxy) is 1. The first-order valence-electron chi connectivity index (χ1n) is 4.39. The molecule has 0 radical (unpaired) electrons. The van der Waals surface area contributed by atoms with Crippen LogP contribution in [-0.2, 0) is 4.74 Å². The van der Waals surface area contributed by atoms with Crippen molar-refractivity contribution in [1.29, 1.82) is 5.26 Å². The van der Waals surface area contributed by atoms with E-state index in [9.17, 15) is 9.90 Å². The molecule has 1 aromatic rings. The zero-order chi connectivity index (χ0) is 10.8. The Hall–Kier alpha value is -2.22.